The quantitative estimate of drug-likeness (QED) is 0.764. The molecule has 1 N–H and O–H groups in total. The van der Waals surface area contributed by atoms with Crippen LogP contribution in [0.4, 0.5) is 0 Å². The fraction of sp³-hybridized carbons (Fsp3) is 0.0769. The van der Waals surface area contributed by atoms with Crippen LogP contribution in [0, 0.1) is 0 Å². The van der Waals surface area contributed by atoms with Crippen molar-refractivity contribution in [2.45, 2.75) is 6.42 Å². The van der Waals surface area contributed by atoms with Crippen LogP contribution in [0.25, 0.3) is 16.9 Å². The van der Waals surface area contributed by atoms with Crippen molar-refractivity contribution in [2.75, 3.05) is 0 Å². The molecule has 6 heteroatoms. The Morgan fingerprint density at radius 3 is 2.95 bits per heavy atom. The molecule has 94 valence electrons. The number of carboxylic acids is 1. The molecule has 0 aliphatic heterocycles. The molecule has 3 rings (SSSR count). The molecule has 19 heavy (non-hydrogen) atoms. The summed E-state index contributed by atoms with van der Waals surface area (Å²) in [5.41, 5.74) is 2.54. The summed E-state index contributed by atoms with van der Waals surface area (Å²) >= 11 is 0. The maximum Gasteiger partial charge on any atom is 0.308 e. The largest absolute Gasteiger partial charge is 0.481 e. The van der Waals surface area contributed by atoms with E-state index >= 15 is 0 Å². The van der Waals surface area contributed by atoms with Crippen LogP contribution in [-0.4, -0.2) is 30.7 Å². The van der Waals surface area contributed by atoms with Crippen molar-refractivity contribution in [3.8, 4) is 11.3 Å². The number of fused-ring (bicyclic) bond motifs is 1. The van der Waals surface area contributed by atoms with E-state index in [1.807, 2.05) is 6.07 Å². The first-order valence-electron chi connectivity index (χ1n) is 5.70. The highest BCUT2D eigenvalue weighted by atomic mass is 16.4. The van der Waals surface area contributed by atoms with Crippen LogP contribution < -0.4 is 0 Å². The number of rotatable bonds is 3. The van der Waals surface area contributed by atoms with Gasteiger partial charge in [0.25, 0.3) is 0 Å². The number of pyridine rings is 1. The van der Waals surface area contributed by atoms with Crippen LogP contribution >= 0.6 is 0 Å². The molecule has 0 radical (unpaired) electrons. The maximum atomic E-state index is 11.0. The van der Waals surface area contributed by atoms with E-state index < -0.39 is 5.97 Å². The molecular weight excluding hydrogens is 244 g/mol. The predicted octanol–water partition coefficient (Wildman–Crippen LogP) is 1.42. The van der Waals surface area contributed by atoms with Gasteiger partial charge in [-0.2, -0.15) is 5.10 Å². The standard InChI is InChI=1S/C13H10N4O2/c18-11(19)7-10-12(9-3-1-4-14-8-9)16-17-6-2-5-15-13(10)17/h1-6,8H,7H2,(H,18,19). The van der Waals surface area contributed by atoms with E-state index in [-0.39, 0.29) is 6.42 Å². The first-order chi connectivity index (χ1) is 9.25. The molecule has 0 amide bonds. The van der Waals surface area contributed by atoms with Gasteiger partial charge in [-0.25, -0.2) is 9.50 Å². The zero-order valence-corrected chi connectivity index (χ0v) is 9.89. The molecule has 6 nitrogen and oxygen atoms in total. The number of aromatic nitrogens is 4. The van der Waals surface area contributed by atoms with Crippen molar-refractivity contribution in [1.29, 1.82) is 0 Å². The highest BCUT2D eigenvalue weighted by molar-refractivity contribution is 5.79. The topological polar surface area (TPSA) is 80.4 Å². The van der Waals surface area contributed by atoms with Gasteiger partial charge in [-0.1, -0.05) is 0 Å². The molecule has 0 saturated carbocycles. The maximum absolute atomic E-state index is 11.0. The summed E-state index contributed by atoms with van der Waals surface area (Å²) in [6.45, 7) is 0. The fourth-order valence-electron chi connectivity index (χ4n) is 1.98. The first-order valence-corrected chi connectivity index (χ1v) is 5.70. The SMILES string of the molecule is O=C(O)Cc1c(-c2cccnc2)nn2cccnc12. The van der Waals surface area contributed by atoms with Gasteiger partial charge in [0.05, 0.1) is 6.42 Å². The molecular formula is C13H10N4O2. The van der Waals surface area contributed by atoms with Gasteiger partial charge in [0.15, 0.2) is 5.65 Å². The third-order valence-electron chi connectivity index (χ3n) is 2.75. The van der Waals surface area contributed by atoms with Gasteiger partial charge in [-0.3, -0.25) is 9.78 Å². The molecule has 0 aromatic carbocycles. The first kappa shape index (κ1) is 11.3. The Hall–Kier alpha value is -2.76. The minimum atomic E-state index is -0.911. The molecule has 0 saturated heterocycles. The fourth-order valence-corrected chi connectivity index (χ4v) is 1.98. The van der Waals surface area contributed by atoms with Crippen molar-refractivity contribution >= 4 is 11.6 Å². The van der Waals surface area contributed by atoms with Gasteiger partial charge in [0.2, 0.25) is 0 Å². The Morgan fingerprint density at radius 1 is 1.32 bits per heavy atom. The van der Waals surface area contributed by atoms with Crippen molar-refractivity contribution < 1.29 is 9.90 Å². The molecule has 0 bridgehead atoms. The smallest absolute Gasteiger partial charge is 0.308 e. The normalized spacial score (nSPS) is 10.7. The van der Waals surface area contributed by atoms with Gasteiger partial charge >= 0.3 is 5.97 Å². The number of nitrogens with zero attached hydrogens (tertiary/aromatic N) is 4. The lowest BCUT2D eigenvalue weighted by atomic mass is 10.1. The van der Waals surface area contributed by atoms with E-state index in [0.717, 1.165) is 5.56 Å². The van der Waals surface area contributed by atoms with Gasteiger partial charge in [-0.15, -0.1) is 0 Å². The molecule has 0 fully saturated rings. The number of hydrogen-bond acceptors (Lipinski definition) is 4. The molecule has 0 atom stereocenters. The van der Waals surface area contributed by atoms with E-state index in [1.165, 1.54) is 0 Å². The van der Waals surface area contributed by atoms with Crippen LogP contribution in [0.5, 0.6) is 0 Å². The summed E-state index contributed by atoms with van der Waals surface area (Å²) in [7, 11) is 0. The Kier molecular flexibility index (Phi) is 2.68. The summed E-state index contributed by atoms with van der Waals surface area (Å²) in [4.78, 5) is 19.2. The second-order valence-electron chi connectivity index (χ2n) is 4.03. The summed E-state index contributed by atoms with van der Waals surface area (Å²) in [5, 5.41) is 13.4. The van der Waals surface area contributed by atoms with Gasteiger partial charge in [0, 0.05) is 35.9 Å². The molecule has 0 aliphatic carbocycles. The summed E-state index contributed by atoms with van der Waals surface area (Å²) in [5.74, 6) is -0.911. The minimum Gasteiger partial charge on any atom is -0.481 e. The second-order valence-corrected chi connectivity index (χ2v) is 4.03. The molecule has 3 aromatic heterocycles. The van der Waals surface area contributed by atoms with E-state index in [2.05, 4.69) is 15.1 Å². The zero-order valence-electron chi connectivity index (χ0n) is 9.89. The summed E-state index contributed by atoms with van der Waals surface area (Å²) < 4.78 is 1.58. The number of aliphatic carboxylic acids is 1. The van der Waals surface area contributed by atoms with E-state index in [1.54, 1.807) is 41.4 Å². The highest BCUT2D eigenvalue weighted by Gasteiger charge is 2.17. The third kappa shape index (κ3) is 2.03. The average Bonchev–Trinajstić information content (AvgIpc) is 2.78. The van der Waals surface area contributed by atoms with E-state index in [4.69, 9.17) is 5.11 Å². The summed E-state index contributed by atoms with van der Waals surface area (Å²) in [6.07, 6.45) is 6.56. The van der Waals surface area contributed by atoms with Crippen LogP contribution in [-0.2, 0) is 11.2 Å². The lowest BCUT2D eigenvalue weighted by molar-refractivity contribution is -0.136. The average molecular weight is 254 g/mol. The molecule has 3 heterocycles. The predicted molar refractivity (Wildman–Crippen MR) is 67.6 cm³/mol. The highest BCUT2D eigenvalue weighted by Crippen LogP contribution is 2.24. The number of carboxylic acid groups (broad SMARTS) is 1. The summed E-state index contributed by atoms with van der Waals surface area (Å²) in [6, 6.07) is 5.38. The molecule has 0 unspecified atom stereocenters. The number of hydrogen-bond donors (Lipinski definition) is 1. The van der Waals surface area contributed by atoms with Crippen molar-refractivity contribution in [2.24, 2.45) is 0 Å². The lowest BCUT2D eigenvalue weighted by Crippen LogP contribution is -2.01. The van der Waals surface area contributed by atoms with Crippen molar-refractivity contribution in [1.82, 2.24) is 19.6 Å². The van der Waals surface area contributed by atoms with Crippen molar-refractivity contribution in [3.63, 3.8) is 0 Å². The molecule has 0 spiro atoms. The van der Waals surface area contributed by atoms with Gasteiger partial charge < -0.3 is 5.11 Å². The third-order valence-corrected chi connectivity index (χ3v) is 2.75. The minimum absolute atomic E-state index is 0.120. The molecule has 3 aromatic rings. The second kappa shape index (κ2) is 4.49. The van der Waals surface area contributed by atoms with Crippen molar-refractivity contribution in [3.05, 3.63) is 48.5 Å². The lowest BCUT2D eigenvalue weighted by Gasteiger charge is -1.99. The van der Waals surface area contributed by atoms with Crippen LogP contribution in [0.2, 0.25) is 0 Å². The van der Waals surface area contributed by atoms with E-state index in [0.29, 0.717) is 16.9 Å². The van der Waals surface area contributed by atoms with Crippen LogP contribution in [0.3, 0.4) is 0 Å². The van der Waals surface area contributed by atoms with Gasteiger partial charge in [0.1, 0.15) is 5.69 Å². The Labute approximate surface area is 108 Å². The Balaban J connectivity index is 2.26. The van der Waals surface area contributed by atoms with Crippen LogP contribution in [0.1, 0.15) is 5.56 Å². The number of carbonyl (C=O) groups is 1. The van der Waals surface area contributed by atoms with E-state index in [9.17, 15) is 4.79 Å². The molecule has 0 aliphatic rings. The monoisotopic (exact) mass is 254 g/mol. The van der Waals surface area contributed by atoms with Gasteiger partial charge in [-0.05, 0) is 18.2 Å². The zero-order chi connectivity index (χ0) is 13.2. The van der Waals surface area contributed by atoms with Crippen LogP contribution in [0.15, 0.2) is 43.0 Å². The Morgan fingerprint density at radius 2 is 2.21 bits per heavy atom. The Bertz CT molecular complexity index is 737.